The van der Waals surface area contributed by atoms with Gasteiger partial charge in [-0.1, -0.05) is 36.0 Å². The summed E-state index contributed by atoms with van der Waals surface area (Å²) >= 11 is 12.2. The van der Waals surface area contributed by atoms with Gasteiger partial charge < -0.3 is 5.32 Å². The molecule has 0 amide bonds. The molecular formula is C15H19Cl2N. The number of halogens is 2. The molecule has 2 atom stereocenters. The highest BCUT2D eigenvalue weighted by Crippen LogP contribution is 2.44. The Balaban J connectivity index is 1.65. The van der Waals surface area contributed by atoms with E-state index in [4.69, 9.17) is 23.2 Å². The van der Waals surface area contributed by atoms with Crippen molar-refractivity contribution >= 4 is 28.9 Å². The Morgan fingerprint density at radius 3 is 2.61 bits per heavy atom. The maximum atomic E-state index is 6.21. The summed E-state index contributed by atoms with van der Waals surface area (Å²) < 4.78 is 0. The van der Waals surface area contributed by atoms with Crippen molar-refractivity contribution in [3.8, 4) is 0 Å². The van der Waals surface area contributed by atoms with Crippen LogP contribution in [0.3, 0.4) is 0 Å². The molecule has 0 aromatic heterocycles. The summed E-state index contributed by atoms with van der Waals surface area (Å²) in [7, 11) is 0. The monoisotopic (exact) mass is 283 g/mol. The van der Waals surface area contributed by atoms with Gasteiger partial charge in [0.15, 0.2) is 0 Å². The minimum Gasteiger partial charge on any atom is -0.381 e. The molecular weight excluding hydrogens is 265 g/mol. The first-order valence-electron chi connectivity index (χ1n) is 6.94. The minimum absolute atomic E-state index is 0.570. The van der Waals surface area contributed by atoms with Crippen LogP contribution in [-0.4, -0.2) is 6.04 Å². The molecule has 2 aliphatic carbocycles. The lowest BCUT2D eigenvalue weighted by atomic mass is 9.82. The largest absolute Gasteiger partial charge is 0.381 e. The molecule has 98 valence electrons. The zero-order valence-electron chi connectivity index (χ0n) is 10.5. The maximum Gasteiger partial charge on any atom is 0.0638 e. The Bertz CT molecular complexity index is 429. The van der Waals surface area contributed by atoms with Crippen LogP contribution in [0.2, 0.25) is 10.0 Å². The number of hydrogen-bond donors (Lipinski definition) is 1. The fourth-order valence-electron chi connectivity index (χ4n) is 3.18. The lowest BCUT2D eigenvalue weighted by Crippen LogP contribution is -2.28. The van der Waals surface area contributed by atoms with Crippen molar-refractivity contribution in [1.29, 1.82) is 0 Å². The molecule has 1 aromatic carbocycles. The van der Waals surface area contributed by atoms with E-state index in [9.17, 15) is 0 Å². The molecule has 3 rings (SSSR count). The third-order valence-electron chi connectivity index (χ3n) is 4.29. The van der Waals surface area contributed by atoms with E-state index in [1.807, 2.05) is 18.2 Å². The van der Waals surface area contributed by atoms with E-state index in [0.717, 1.165) is 27.6 Å². The van der Waals surface area contributed by atoms with Gasteiger partial charge in [-0.3, -0.25) is 0 Å². The summed E-state index contributed by atoms with van der Waals surface area (Å²) in [6.07, 6.45) is 8.23. The Morgan fingerprint density at radius 1 is 1.00 bits per heavy atom. The summed E-state index contributed by atoms with van der Waals surface area (Å²) in [5.41, 5.74) is 0.991. The highest BCUT2D eigenvalue weighted by molar-refractivity contribution is 6.35. The van der Waals surface area contributed by atoms with Crippen LogP contribution in [0.15, 0.2) is 18.2 Å². The molecule has 1 nitrogen and oxygen atoms in total. The third-order valence-corrected chi connectivity index (χ3v) is 4.86. The summed E-state index contributed by atoms with van der Waals surface area (Å²) in [5, 5.41) is 5.10. The van der Waals surface area contributed by atoms with E-state index in [-0.39, 0.29) is 0 Å². The second-order valence-electron chi connectivity index (χ2n) is 5.73. The molecule has 0 heterocycles. The van der Waals surface area contributed by atoms with Gasteiger partial charge in [0, 0.05) is 11.1 Å². The van der Waals surface area contributed by atoms with Crippen LogP contribution in [-0.2, 0) is 0 Å². The van der Waals surface area contributed by atoms with Gasteiger partial charge in [0.25, 0.3) is 0 Å². The van der Waals surface area contributed by atoms with Gasteiger partial charge in [0.2, 0.25) is 0 Å². The molecule has 1 aromatic rings. The highest BCUT2D eigenvalue weighted by atomic mass is 35.5. The predicted molar refractivity (Wildman–Crippen MR) is 78.6 cm³/mol. The van der Waals surface area contributed by atoms with E-state index >= 15 is 0 Å². The third kappa shape index (κ3) is 2.95. The van der Waals surface area contributed by atoms with E-state index < -0.39 is 0 Å². The van der Waals surface area contributed by atoms with Crippen LogP contribution < -0.4 is 5.32 Å². The molecule has 2 fully saturated rings. The second kappa shape index (κ2) is 5.30. The van der Waals surface area contributed by atoms with Gasteiger partial charge >= 0.3 is 0 Å². The van der Waals surface area contributed by atoms with Gasteiger partial charge in [-0.25, -0.2) is 0 Å². The summed E-state index contributed by atoms with van der Waals surface area (Å²) in [4.78, 5) is 0. The fraction of sp³-hybridized carbons (Fsp3) is 0.600. The van der Waals surface area contributed by atoms with Crippen molar-refractivity contribution < 1.29 is 0 Å². The molecule has 3 heteroatoms. The van der Waals surface area contributed by atoms with Crippen molar-refractivity contribution in [2.45, 2.75) is 44.6 Å². The number of benzene rings is 1. The molecule has 2 saturated carbocycles. The van der Waals surface area contributed by atoms with Crippen LogP contribution in [0.4, 0.5) is 5.69 Å². The highest BCUT2D eigenvalue weighted by Gasteiger charge is 2.34. The Kier molecular flexibility index (Phi) is 3.72. The van der Waals surface area contributed by atoms with Gasteiger partial charge in [0.05, 0.1) is 10.7 Å². The van der Waals surface area contributed by atoms with Crippen LogP contribution in [0, 0.1) is 11.8 Å². The number of nitrogens with one attached hydrogen (secondary N) is 1. The molecule has 0 saturated heterocycles. The predicted octanol–water partition coefficient (Wildman–Crippen LogP) is 5.37. The second-order valence-corrected chi connectivity index (χ2v) is 6.57. The zero-order valence-corrected chi connectivity index (χ0v) is 12.0. The van der Waals surface area contributed by atoms with Crippen LogP contribution in [0.25, 0.3) is 0 Å². The molecule has 2 unspecified atom stereocenters. The zero-order chi connectivity index (χ0) is 12.5. The van der Waals surface area contributed by atoms with Gasteiger partial charge in [-0.15, -0.1) is 0 Å². The topological polar surface area (TPSA) is 12.0 Å². The first-order chi connectivity index (χ1) is 8.72. The van der Waals surface area contributed by atoms with Crippen LogP contribution >= 0.6 is 23.2 Å². The maximum absolute atomic E-state index is 6.21. The fourth-order valence-corrected chi connectivity index (χ4v) is 3.53. The van der Waals surface area contributed by atoms with E-state index in [2.05, 4.69) is 5.32 Å². The smallest absolute Gasteiger partial charge is 0.0638 e. The van der Waals surface area contributed by atoms with Crippen molar-refractivity contribution in [3.05, 3.63) is 28.2 Å². The normalized spacial score (nSPS) is 28.1. The number of hydrogen-bond acceptors (Lipinski definition) is 1. The van der Waals surface area contributed by atoms with Gasteiger partial charge in [-0.05, 0) is 55.7 Å². The van der Waals surface area contributed by atoms with Crippen LogP contribution in [0.1, 0.15) is 38.5 Å². The Labute approximate surface area is 119 Å². The molecule has 18 heavy (non-hydrogen) atoms. The molecule has 2 aliphatic rings. The first kappa shape index (κ1) is 12.6. The summed E-state index contributed by atoms with van der Waals surface area (Å²) in [6.45, 7) is 0. The summed E-state index contributed by atoms with van der Waals surface area (Å²) in [6, 6.07) is 6.21. The number of rotatable bonds is 3. The first-order valence-corrected chi connectivity index (χ1v) is 7.69. The van der Waals surface area contributed by atoms with Crippen LogP contribution in [0.5, 0.6) is 0 Å². The van der Waals surface area contributed by atoms with Gasteiger partial charge in [0.1, 0.15) is 0 Å². The van der Waals surface area contributed by atoms with Crippen molar-refractivity contribution in [2.24, 2.45) is 11.8 Å². The van der Waals surface area contributed by atoms with Gasteiger partial charge in [-0.2, -0.15) is 0 Å². The van der Waals surface area contributed by atoms with Crippen molar-refractivity contribution in [3.63, 3.8) is 0 Å². The quantitative estimate of drug-likeness (QED) is 0.786. The molecule has 0 radical (unpaired) electrons. The molecule has 0 aliphatic heterocycles. The van der Waals surface area contributed by atoms with E-state index in [0.29, 0.717) is 6.04 Å². The Morgan fingerprint density at radius 2 is 1.83 bits per heavy atom. The van der Waals surface area contributed by atoms with E-state index in [1.165, 1.54) is 38.5 Å². The van der Waals surface area contributed by atoms with E-state index in [1.54, 1.807) is 0 Å². The summed E-state index contributed by atoms with van der Waals surface area (Å²) in [5.74, 6) is 1.96. The van der Waals surface area contributed by atoms with Crippen molar-refractivity contribution in [2.75, 3.05) is 5.32 Å². The minimum atomic E-state index is 0.570. The Hall–Kier alpha value is -0.400. The lowest BCUT2D eigenvalue weighted by Gasteiger charge is -2.30. The average Bonchev–Trinajstić information content (AvgIpc) is 3.18. The SMILES string of the molecule is Clc1ccc(Cl)c(NC2CCCC(C3CC3)C2)c1. The standard InChI is InChI=1S/C15H19Cl2N/c16-12-6-7-14(17)15(9-12)18-13-3-1-2-11(8-13)10-4-5-10/h6-7,9-11,13,18H,1-5,8H2. The molecule has 0 spiro atoms. The molecule has 0 bridgehead atoms. The lowest BCUT2D eigenvalue weighted by molar-refractivity contribution is 0.303. The average molecular weight is 284 g/mol. The van der Waals surface area contributed by atoms with Crippen molar-refractivity contribution in [1.82, 2.24) is 0 Å². The molecule has 1 N–H and O–H groups in total. The number of anilines is 1.